The second kappa shape index (κ2) is 8.18. The molecular formula is C13H17F4NO2. The zero-order valence-electron chi connectivity index (χ0n) is 11.1. The van der Waals surface area contributed by atoms with Gasteiger partial charge in [0.05, 0.1) is 25.4 Å². The Labute approximate surface area is 114 Å². The van der Waals surface area contributed by atoms with Crippen LogP contribution in [0.2, 0.25) is 0 Å². The first-order valence-corrected chi connectivity index (χ1v) is 6.07. The van der Waals surface area contributed by atoms with Gasteiger partial charge in [0.1, 0.15) is 5.82 Å². The summed E-state index contributed by atoms with van der Waals surface area (Å²) in [5.74, 6) is -0.895. The smallest absolute Gasteiger partial charge is 0.382 e. The Kier molecular flexibility index (Phi) is 6.90. The van der Waals surface area contributed by atoms with Crippen LogP contribution in [0.15, 0.2) is 18.2 Å². The van der Waals surface area contributed by atoms with Crippen LogP contribution < -0.4 is 5.32 Å². The Morgan fingerprint density at radius 1 is 1.10 bits per heavy atom. The topological polar surface area (TPSA) is 30.5 Å². The third kappa shape index (κ3) is 6.31. The van der Waals surface area contributed by atoms with Gasteiger partial charge in [-0.25, -0.2) is 4.39 Å². The fraction of sp³-hybridized carbons (Fsp3) is 0.538. The number of halogens is 4. The first kappa shape index (κ1) is 16.9. The summed E-state index contributed by atoms with van der Waals surface area (Å²) in [5, 5.41) is 2.88. The van der Waals surface area contributed by atoms with Crippen LogP contribution in [0.25, 0.3) is 0 Å². The molecule has 1 rings (SSSR count). The van der Waals surface area contributed by atoms with Crippen molar-refractivity contribution in [3.8, 4) is 0 Å². The predicted molar refractivity (Wildman–Crippen MR) is 65.8 cm³/mol. The second-order valence-electron chi connectivity index (χ2n) is 4.13. The standard InChI is InChI=1S/C13H17F4NO2/c1-19-4-5-20-3-2-18-9-10-6-11(13(15,16)17)8-12(14)7-10/h6-8,18H,2-5,9H2,1H3. The van der Waals surface area contributed by atoms with Gasteiger partial charge in [0.25, 0.3) is 0 Å². The van der Waals surface area contributed by atoms with Crippen LogP contribution in [0.1, 0.15) is 11.1 Å². The summed E-state index contributed by atoms with van der Waals surface area (Å²) in [4.78, 5) is 0. The Bertz CT molecular complexity index is 410. The lowest BCUT2D eigenvalue weighted by Crippen LogP contribution is -2.20. The van der Waals surface area contributed by atoms with Crippen molar-refractivity contribution >= 4 is 0 Å². The van der Waals surface area contributed by atoms with Crippen molar-refractivity contribution in [2.45, 2.75) is 12.7 Å². The minimum Gasteiger partial charge on any atom is -0.382 e. The van der Waals surface area contributed by atoms with Gasteiger partial charge >= 0.3 is 6.18 Å². The molecule has 1 aromatic carbocycles. The number of hydrogen-bond donors (Lipinski definition) is 1. The molecule has 0 aliphatic carbocycles. The largest absolute Gasteiger partial charge is 0.416 e. The SMILES string of the molecule is COCCOCCNCc1cc(F)cc(C(F)(F)F)c1. The van der Waals surface area contributed by atoms with Gasteiger partial charge in [-0.15, -0.1) is 0 Å². The summed E-state index contributed by atoms with van der Waals surface area (Å²) in [5.41, 5.74) is -0.736. The average Bonchev–Trinajstić information content (AvgIpc) is 2.36. The average molecular weight is 295 g/mol. The molecule has 7 heteroatoms. The lowest BCUT2D eigenvalue weighted by molar-refractivity contribution is -0.137. The van der Waals surface area contributed by atoms with E-state index in [1.807, 2.05) is 0 Å². The van der Waals surface area contributed by atoms with Gasteiger partial charge in [-0.05, 0) is 23.8 Å². The summed E-state index contributed by atoms with van der Waals surface area (Å²) < 4.78 is 60.5. The molecule has 0 amide bonds. The molecule has 0 fully saturated rings. The molecule has 114 valence electrons. The molecule has 0 radical (unpaired) electrons. The molecule has 0 aromatic heterocycles. The van der Waals surface area contributed by atoms with Crippen LogP contribution in [0.3, 0.4) is 0 Å². The van der Waals surface area contributed by atoms with Gasteiger partial charge < -0.3 is 14.8 Å². The molecule has 0 aliphatic heterocycles. The highest BCUT2D eigenvalue weighted by molar-refractivity contribution is 5.26. The molecule has 0 bridgehead atoms. The highest BCUT2D eigenvalue weighted by atomic mass is 19.4. The molecule has 1 aromatic rings. The van der Waals surface area contributed by atoms with Crippen molar-refractivity contribution in [2.75, 3.05) is 33.5 Å². The van der Waals surface area contributed by atoms with E-state index >= 15 is 0 Å². The lowest BCUT2D eigenvalue weighted by Gasteiger charge is -2.10. The van der Waals surface area contributed by atoms with Crippen molar-refractivity contribution < 1.29 is 27.0 Å². The van der Waals surface area contributed by atoms with Gasteiger partial charge in [0.2, 0.25) is 0 Å². The van der Waals surface area contributed by atoms with E-state index in [9.17, 15) is 17.6 Å². The molecule has 0 heterocycles. The highest BCUT2D eigenvalue weighted by Crippen LogP contribution is 2.30. The zero-order valence-corrected chi connectivity index (χ0v) is 11.1. The quantitative estimate of drug-likeness (QED) is 0.591. The van der Waals surface area contributed by atoms with Crippen molar-refractivity contribution in [3.63, 3.8) is 0 Å². The number of benzene rings is 1. The Balaban J connectivity index is 2.39. The van der Waals surface area contributed by atoms with Crippen molar-refractivity contribution in [1.82, 2.24) is 5.32 Å². The van der Waals surface area contributed by atoms with Gasteiger partial charge in [-0.1, -0.05) is 0 Å². The first-order valence-electron chi connectivity index (χ1n) is 6.07. The van der Waals surface area contributed by atoms with Crippen molar-refractivity contribution in [2.24, 2.45) is 0 Å². The van der Waals surface area contributed by atoms with Crippen LogP contribution in [-0.4, -0.2) is 33.5 Å². The van der Waals surface area contributed by atoms with E-state index < -0.39 is 17.6 Å². The molecule has 20 heavy (non-hydrogen) atoms. The van der Waals surface area contributed by atoms with Crippen molar-refractivity contribution in [3.05, 3.63) is 35.1 Å². The summed E-state index contributed by atoms with van der Waals surface area (Å²) in [6.45, 7) is 1.95. The molecule has 0 spiro atoms. The van der Waals surface area contributed by atoms with Gasteiger partial charge in [-0.2, -0.15) is 13.2 Å². The van der Waals surface area contributed by atoms with Gasteiger partial charge in [-0.3, -0.25) is 0 Å². The first-order chi connectivity index (χ1) is 9.43. The van der Waals surface area contributed by atoms with Crippen LogP contribution >= 0.6 is 0 Å². The van der Waals surface area contributed by atoms with E-state index in [0.717, 1.165) is 12.1 Å². The maximum absolute atomic E-state index is 13.1. The second-order valence-corrected chi connectivity index (χ2v) is 4.13. The predicted octanol–water partition coefficient (Wildman–Crippen LogP) is 2.60. The fourth-order valence-corrected chi connectivity index (χ4v) is 1.54. The Hall–Kier alpha value is -1.18. The summed E-state index contributed by atoms with van der Waals surface area (Å²) in [6, 6.07) is 2.49. The number of nitrogens with one attached hydrogen (secondary N) is 1. The summed E-state index contributed by atoms with van der Waals surface area (Å²) >= 11 is 0. The normalized spacial score (nSPS) is 11.8. The minimum atomic E-state index is -4.54. The van der Waals surface area contributed by atoms with E-state index in [0.29, 0.717) is 32.4 Å². The van der Waals surface area contributed by atoms with Crippen LogP contribution in [-0.2, 0) is 22.2 Å². The molecule has 0 saturated heterocycles. The molecular weight excluding hydrogens is 278 g/mol. The number of hydrogen-bond acceptors (Lipinski definition) is 3. The van der Waals surface area contributed by atoms with Gasteiger partial charge in [0.15, 0.2) is 0 Å². The highest BCUT2D eigenvalue weighted by Gasteiger charge is 2.31. The summed E-state index contributed by atoms with van der Waals surface area (Å²) in [6.07, 6.45) is -4.54. The lowest BCUT2D eigenvalue weighted by atomic mass is 10.1. The Morgan fingerprint density at radius 3 is 2.50 bits per heavy atom. The fourth-order valence-electron chi connectivity index (χ4n) is 1.54. The zero-order chi connectivity index (χ0) is 15.0. The summed E-state index contributed by atoms with van der Waals surface area (Å²) in [7, 11) is 1.56. The van der Waals surface area contributed by atoms with Crippen LogP contribution in [0, 0.1) is 5.82 Å². The van der Waals surface area contributed by atoms with Gasteiger partial charge in [0, 0.05) is 20.2 Å². The molecule has 0 unspecified atom stereocenters. The van der Waals surface area contributed by atoms with E-state index in [2.05, 4.69) is 5.32 Å². The number of methoxy groups -OCH3 is 1. The maximum atomic E-state index is 13.1. The number of alkyl halides is 3. The molecule has 1 N–H and O–H groups in total. The molecule has 0 atom stereocenters. The van der Waals surface area contributed by atoms with E-state index in [4.69, 9.17) is 9.47 Å². The molecule has 0 saturated carbocycles. The molecule has 0 aliphatic rings. The van der Waals surface area contributed by atoms with Crippen LogP contribution in [0.5, 0.6) is 0 Å². The number of rotatable bonds is 8. The minimum absolute atomic E-state index is 0.147. The molecule has 3 nitrogen and oxygen atoms in total. The number of ether oxygens (including phenoxy) is 2. The third-order valence-electron chi connectivity index (χ3n) is 2.47. The van der Waals surface area contributed by atoms with E-state index in [1.165, 1.54) is 0 Å². The monoisotopic (exact) mass is 295 g/mol. The van der Waals surface area contributed by atoms with Crippen LogP contribution in [0.4, 0.5) is 17.6 Å². The van der Waals surface area contributed by atoms with Crippen molar-refractivity contribution in [1.29, 1.82) is 0 Å². The van der Waals surface area contributed by atoms with E-state index in [1.54, 1.807) is 7.11 Å². The third-order valence-corrected chi connectivity index (χ3v) is 2.47. The van der Waals surface area contributed by atoms with E-state index in [-0.39, 0.29) is 12.1 Å². The Morgan fingerprint density at radius 2 is 1.85 bits per heavy atom. The maximum Gasteiger partial charge on any atom is 0.416 e.